The largest absolute Gasteiger partial charge is 0.505 e. The predicted octanol–water partition coefficient (Wildman–Crippen LogP) is 1.57. The third-order valence-corrected chi connectivity index (χ3v) is 2.66. The van der Waals surface area contributed by atoms with Crippen molar-refractivity contribution in [1.29, 1.82) is 0 Å². The number of aliphatic hydroxyl groups is 2. The average molecular weight is 297 g/mol. The third kappa shape index (κ3) is 3.53. The van der Waals surface area contributed by atoms with Gasteiger partial charge in [0, 0.05) is 12.2 Å². The number of aromatic hydroxyl groups is 1. The molecule has 0 heterocycles. The highest BCUT2D eigenvalue weighted by Crippen LogP contribution is 2.34. The van der Waals surface area contributed by atoms with Crippen LogP contribution in [-0.2, 0) is 0 Å². The van der Waals surface area contributed by atoms with Gasteiger partial charge in [0.2, 0.25) is 0 Å². The van der Waals surface area contributed by atoms with Crippen molar-refractivity contribution in [2.45, 2.75) is 6.10 Å². The second-order valence-electron chi connectivity index (χ2n) is 3.01. The molecule has 0 amide bonds. The molecule has 4 N–H and O–H groups in total. The maximum atomic E-state index is 9.36. The molecular formula is C9H11BrClNO3. The lowest BCUT2D eigenvalue weighted by Crippen LogP contribution is -2.22. The smallest absolute Gasteiger partial charge is 0.148 e. The fourth-order valence-corrected chi connectivity index (χ4v) is 1.76. The molecule has 4 nitrogen and oxygen atoms in total. The molecule has 0 aliphatic rings. The van der Waals surface area contributed by atoms with Gasteiger partial charge in [-0.15, -0.1) is 0 Å². The summed E-state index contributed by atoms with van der Waals surface area (Å²) in [4.78, 5) is 0. The number of rotatable bonds is 4. The van der Waals surface area contributed by atoms with Crippen LogP contribution in [0.3, 0.4) is 0 Å². The van der Waals surface area contributed by atoms with Gasteiger partial charge in [0.1, 0.15) is 5.75 Å². The highest BCUT2D eigenvalue weighted by atomic mass is 79.9. The molecule has 1 atom stereocenters. The van der Waals surface area contributed by atoms with Crippen LogP contribution < -0.4 is 5.32 Å². The summed E-state index contributed by atoms with van der Waals surface area (Å²) < 4.78 is 0.469. The van der Waals surface area contributed by atoms with Crippen LogP contribution in [0.1, 0.15) is 0 Å². The maximum Gasteiger partial charge on any atom is 0.148 e. The molecule has 0 spiro atoms. The SMILES string of the molecule is OCC(O)CNc1cc(Cl)c(O)c(Br)c1. The number of benzene rings is 1. The molecule has 1 aromatic rings. The highest BCUT2D eigenvalue weighted by molar-refractivity contribution is 9.10. The van der Waals surface area contributed by atoms with E-state index >= 15 is 0 Å². The van der Waals surface area contributed by atoms with Gasteiger partial charge >= 0.3 is 0 Å². The molecule has 0 aliphatic carbocycles. The van der Waals surface area contributed by atoms with Crippen LogP contribution in [0, 0.1) is 0 Å². The fourth-order valence-electron chi connectivity index (χ4n) is 0.968. The standard InChI is InChI=1S/C9H11BrClNO3/c10-7-1-5(2-8(11)9(7)15)12-3-6(14)4-13/h1-2,6,12-15H,3-4H2. The topological polar surface area (TPSA) is 72.7 Å². The summed E-state index contributed by atoms with van der Waals surface area (Å²) in [5, 5.41) is 30.1. The summed E-state index contributed by atoms with van der Waals surface area (Å²) in [6.07, 6.45) is -0.823. The molecule has 1 aromatic carbocycles. The summed E-state index contributed by atoms with van der Waals surface area (Å²) in [5.41, 5.74) is 0.650. The Morgan fingerprint density at radius 1 is 1.47 bits per heavy atom. The zero-order valence-electron chi connectivity index (χ0n) is 7.74. The number of hydrogen-bond acceptors (Lipinski definition) is 4. The van der Waals surface area contributed by atoms with Crippen LogP contribution in [-0.4, -0.2) is 34.6 Å². The van der Waals surface area contributed by atoms with Gasteiger partial charge in [-0.3, -0.25) is 0 Å². The highest BCUT2D eigenvalue weighted by Gasteiger charge is 2.07. The van der Waals surface area contributed by atoms with E-state index in [4.69, 9.17) is 21.8 Å². The molecule has 1 unspecified atom stereocenters. The van der Waals surface area contributed by atoms with E-state index < -0.39 is 6.10 Å². The second-order valence-corrected chi connectivity index (χ2v) is 4.27. The predicted molar refractivity (Wildman–Crippen MR) is 62.4 cm³/mol. The fraction of sp³-hybridized carbons (Fsp3) is 0.333. The quantitative estimate of drug-likeness (QED) is 0.637. The van der Waals surface area contributed by atoms with Gasteiger partial charge in [-0.05, 0) is 28.1 Å². The van der Waals surface area contributed by atoms with Crippen molar-refractivity contribution in [1.82, 2.24) is 0 Å². The van der Waals surface area contributed by atoms with Crippen LogP contribution >= 0.6 is 27.5 Å². The maximum absolute atomic E-state index is 9.36. The Bertz CT molecular complexity index is 325. The first kappa shape index (κ1) is 12.6. The summed E-state index contributed by atoms with van der Waals surface area (Å²) in [6.45, 7) is -0.0932. The Hall–Kier alpha value is -0.490. The number of hydrogen-bond donors (Lipinski definition) is 4. The summed E-state index contributed by atoms with van der Waals surface area (Å²) >= 11 is 8.87. The number of nitrogens with one attached hydrogen (secondary N) is 1. The van der Waals surface area contributed by atoms with Crippen molar-refractivity contribution in [3.63, 3.8) is 0 Å². The normalized spacial score (nSPS) is 12.5. The molecule has 6 heteroatoms. The van der Waals surface area contributed by atoms with Crippen molar-refractivity contribution in [3.05, 3.63) is 21.6 Å². The molecule has 0 saturated heterocycles. The summed E-state index contributed by atoms with van der Waals surface area (Å²) in [7, 11) is 0. The molecule has 1 rings (SSSR count). The van der Waals surface area contributed by atoms with Gasteiger partial charge in [0.05, 0.1) is 22.2 Å². The molecular weight excluding hydrogens is 285 g/mol. The van der Waals surface area contributed by atoms with Gasteiger partial charge in [0.25, 0.3) is 0 Å². The first-order chi connectivity index (χ1) is 7.04. The minimum Gasteiger partial charge on any atom is -0.505 e. The molecule has 0 radical (unpaired) electrons. The number of halogens is 2. The number of anilines is 1. The van der Waals surface area contributed by atoms with Crippen LogP contribution in [0.5, 0.6) is 5.75 Å². The second kappa shape index (κ2) is 5.55. The summed E-state index contributed by atoms with van der Waals surface area (Å²) in [5.74, 6) is -0.0232. The zero-order chi connectivity index (χ0) is 11.4. The van der Waals surface area contributed by atoms with Gasteiger partial charge in [0.15, 0.2) is 0 Å². The lowest BCUT2D eigenvalue weighted by atomic mass is 10.3. The van der Waals surface area contributed by atoms with E-state index in [-0.39, 0.29) is 23.9 Å². The Morgan fingerprint density at radius 3 is 2.67 bits per heavy atom. The van der Waals surface area contributed by atoms with E-state index in [1.54, 1.807) is 6.07 Å². The van der Waals surface area contributed by atoms with Gasteiger partial charge in [-0.2, -0.15) is 0 Å². The van der Waals surface area contributed by atoms with Crippen molar-refractivity contribution in [3.8, 4) is 5.75 Å². The van der Waals surface area contributed by atoms with Crippen LogP contribution in [0.25, 0.3) is 0 Å². The van der Waals surface area contributed by atoms with Crippen molar-refractivity contribution in [2.75, 3.05) is 18.5 Å². The molecule has 0 saturated carbocycles. The molecule has 0 aromatic heterocycles. The Kier molecular flexibility index (Phi) is 4.66. The lowest BCUT2D eigenvalue weighted by Gasteiger charge is -2.11. The molecule has 84 valence electrons. The number of aliphatic hydroxyl groups excluding tert-OH is 2. The van der Waals surface area contributed by atoms with E-state index in [1.165, 1.54) is 6.07 Å². The van der Waals surface area contributed by atoms with E-state index in [2.05, 4.69) is 21.2 Å². The van der Waals surface area contributed by atoms with Crippen molar-refractivity contribution in [2.24, 2.45) is 0 Å². The first-order valence-corrected chi connectivity index (χ1v) is 5.42. The van der Waals surface area contributed by atoms with Crippen LogP contribution in [0.15, 0.2) is 16.6 Å². The molecule has 15 heavy (non-hydrogen) atoms. The number of phenolic OH excluding ortho intramolecular Hbond substituents is 1. The Labute approximate surface area is 101 Å². The lowest BCUT2D eigenvalue weighted by molar-refractivity contribution is 0.105. The van der Waals surface area contributed by atoms with Crippen molar-refractivity contribution < 1.29 is 15.3 Å². The first-order valence-electron chi connectivity index (χ1n) is 4.25. The van der Waals surface area contributed by atoms with Crippen molar-refractivity contribution >= 4 is 33.2 Å². The third-order valence-electron chi connectivity index (χ3n) is 1.77. The zero-order valence-corrected chi connectivity index (χ0v) is 10.1. The summed E-state index contributed by atoms with van der Waals surface area (Å²) in [6, 6.07) is 3.16. The van der Waals surface area contributed by atoms with Crippen LogP contribution in [0.4, 0.5) is 5.69 Å². The van der Waals surface area contributed by atoms with Gasteiger partial charge in [-0.1, -0.05) is 11.6 Å². The van der Waals surface area contributed by atoms with E-state index in [9.17, 15) is 5.11 Å². The monoisotopic (exact) mass is 295 g/mol. The minimum atomic E-state index is -0.823. The van der Waals surface area contributed by atoms with E-state index in [0.717, 1.165) is 0 Å². The van der Waals surface area contributed by atoms with E-state index in [1.807, 2.05) is 0 Å². The Morgan fingerprint density at radius 2 is 2.13 bits per heavy atom. The Balaban J connectivity index is 2.70. The van der Waals surface area contributed by atoms with Gasteiger partial charge in [-0.25, -0.2) is 0 Å². The van der Waals surface area contributed by atoms with E-state index in [0.29, 0.717) is 10.2 Å². The van der Waals surface area contributed by atoms with Gasteiger partial charge < -0.3 is 20.6 Å². The number of phenols is 1. The average Bonchev–Trinajstić information content (AvgIpc) is 2.22. The molecule has 0 bridgehead atoms. The molecule has 0 aliphatic heterocycles. The van der Waals surface area contributed by atoms with Crippen LogP contribution in [0.2, 0.25) is 5.02 Å². The minimum absolute atomic E-state index is 0.0232. The molecule has 0 fully saturated rings.